The highest BCUT2D eigenvalue weighted by Gasteiger charge is 2.13. The van der Waals surface area contributed by atoms with Crippen LogP contribution in [0.2, 0.25) is 5.02 Å². The van der Waals surface area contributed by atoms with Gasteiger partial charge in [0.15, 0.2) is 5.78 Å². The number of nitrogens with zero attached hydrogens (tertiary/aromatic N) is 1. The normalized spacial score (nSPS) is 10.8. The van der Waals surface area contributed by atoms with Crippen LogP contribution in [0.3, 0.4) is 0 Å². The third-order valence-electron chi connectivity index (χ3n) is 4.36. The Hall–Kier alpha value is -2.89. The predicted octanol–water partition coefficient (Wildman–Crippen LogP) is 5.92. The maximum absolute atomic E-state index is 12.6. The summed E-state index contributed by atoms with van der Waals surface area (Å²) >= 11 is 7.76. The Morgan fingerprint density at radius 3 is 2.68 bits per heavy atom. The van der Waals surface area contributed by atoms with Gasteiger partial charge in [-0.1, -0.05) is 35.9 Å². The molecule has 0 radical (unpaired) electrons. The molecule has 0 unspecified atom stereocenters. The third kappa shape index (κ3) is 3.72. The Morgan fingerprint density at radius 2 is 1.89 bits per heavy atom. The molecule has 0 saturated heterocycles. The Morgan fingerprint density at radius 1 is 1.11 bits per heavy atom. The number of Topliss-reactive ketones (excluding diaryl/α,β-unsaturated/α-hetero) is 1. The molecule has 4 nitrogen and oxygen atoms in total. The second kappa shape index (κ2) is 8.00. The predicted molar refractivity (Wildman–Crippen MR) is 116 cm³/mol. The average molecular weight is 409 g/mol. The fourth-order valence-corrected chi connectivity index (χ4v) is 4.19. The van der Waals surface area contributed by atoms with Crippen LogP contribution in [-0.2, 0) is 0 Å². The second-order valence-corrected chi connectivity index (χ2v) is 7.60. The quantitative estimate of drug-likeness (QED) is 0.402. The highest BCUT2D eigenvalue weighted by molar-refractivity contribution is 7.21. The fourth-order valence-electron chi connectivity index (χ4n) is 2.93. The smallest absolute Gasteiger partial charge is 0.181 e. The number of para-hydroxylation sites is 2. The van der Waals surface area contributed by atoms with E-state index < -0.39 is 0 Å². The lowest BCUT2D eigenvalue weighted by atomic mass is 10.1. The molecule has 6 heteroatoms. The number of fused-ring (bicyclic) bond motifs is 1. The van der Waals surface area contributed by atoms with Gasteiger partial charge in [-0.3, -0.25) is 4.79 Å². The van der Waals surface area contributed by atoms with E-state index >= 15 is 0 Å². The minimum atomic E-state index is -0.0522. The first-order chi connectivity index (χ1) is 13.7. The average Bonchev–Trinajstić information content (AvgIpc) is 3.16. The van der Waals surface area contributed by atoms with Crippen LogP contribution in [0.4, 0.5) is 5.69 Å². The molecule has 0 aliphatic heterocycles. The van der Waals surface area contributed by atoms with E-state index in [2.05, 4.69) is 11.4 Å². The van der Waals surface area contributed by atoms with Gasteiger partial charge in [0.1, 0.15) is 10.8 Å². The highest BCUT2D eigenvalue weighted by Crippen LogP contribution is 2.34. The van der Waals surface area contributed by atoms with Crippen molar-refractivity contribution in [3.8, 4) is 16.3 Å². The zero-order valence-electron chi connectivity index (χ0n) is 15.1. The van der Waals surface area contributed by atoms with Crippen molar-refractivity contribution in [1.29, 1.82) is 0 Å². The monoisotopic (exact) mass is 408 g/mol. The van der Waals surface area contributed by atoms with Crippen molar-refractivity contribution in [2.45, 2.75) is 0 Å². The van der Waals surface area contributed by atoms with Crippen LogP contribution in [0.5, 0.6) is 5.75 Å². The van der Waals surface area contributed by atoms with Gasteiger partial charge in [-0.15, -0.1) is 11.3 Å². The topological polar surface area (TPSA) is 51.2 Å². The van der Waals surface area contributed by atoms with Crippen LogP contribution in [0, 0.1) is 0 Å². The fraction of sp³-hybridized carbons (Fsp3) is 0.0909. The van der Waals surface area contributed by atoms with Gasteiger partial charge < -0.3 is 10.1 Å². The number of aromatic nitrogens is 1. The summed E-state index contributed by atoms with van der Waals surface area (Å²) < 4.78 is 6.27. The van der Waals surface area contributed by atoms with E-state index in [1.807, 2.05) is 42.5 Å². The molecule has 0 bridgehead atoms. The number of hydrogen-bond donors (Lipinski definition) is 1. The molecule has 0 saturated carbocycles. The molecule has 4 rings (SSSR count). The minimum absolute atomic E-state index is 0.0522. The van der Waals surface area contributed by atoms with Gasteiger partial charge in [-0.2, -0.15) is 0 Å². The zero-order valence-corrected chi connectivity index (χ0v) is 16.7. The van der Waals surface area contributed by atoms with Crippen LogP contribution in [-0.4, -0.2) is 24.4 Å². The number of anilines is 1. The van der Waals surface area contributed by atoms with Crippen molar-refractivity contribution >= 4 is 44.6 Å². The molecule has 0 spiro atoms. The van der Waals surface area contributed by atoms with Gasteiger partial charge >= 0.3 is 0 Å². The standard InChI is InChI=1S/C22H17ClN2O2S/c1-27-20-11-10-14(12-16(20)23)19(26)13-24-17-7-3-2-6-15(17)22-25-18-8-4-5-9-21(18)28-22/h2-12,24H,13H2,1H3. The summed E-state index contributed by atoms with van der Waals surface area (Å²) in [5.41, 5.74) is 3.36. The molecule has 1 N–H and O–H groups in total. The molecular formula is C22H17ClN2O2S. The van der Waals surface area contributed by atoms with Crippen molar-refractivity contribution in [3.05, 3.63) is 77.3 Å². The van der Waals surface area contributed by atoms with E-state index in [1.54, 1.807) is 36.6 Å². The number of hydrogen-bond acceptors (Lipinski definition) is 5. The number of thiazole rings is 1. The molecule has 140 valence electrons. The van der Waals surface area contributed by atoms with Gasteiger partial charge in [-0.05, 0) is 42.5 Å². The summed E-state index contributed by atoms with van der Waals surface area (Å²) in [6.45, 7) is 0.157. The first kappa shape index (κ1) is 18.5. The Kier molecular flexibility index (Phi) is 5.28. The third-order valence-corrected chi connectivity index (χ3v) is 5.73. The largest absolute Gasteiger partial charge is 0.495 e. The van der Waals surface area contributed by atoms with Gasteiger partial charge in [-0.25, -0.2) is 4.98 Å². The Balaban J connectivity index is 1.56. The molecule has 1 heterocycles. The molecule has 0 atom stereocenters. The molecule has 0 aliphatic carbocycles. The molecule has 3 aromatic carbocycles. The van der Waals surface area contributed by atoms with Crippen molar-refractivity contribution in [2.24, 2.45) is 0 Å². The van der Waals surface area contributed by atoms with E-state index in [0.29, 0.717) is 16.3 Å². The molecule has 0 fully saturated rings. The maximum Gasteiger partial charge on any atom is 0.181 e. The maximum atomic E-state index is 12.6. The highest BCUT2D eigenvalue weighted by atomic mass is 35.5. The van der Waals surface area contributed by atoms with E-state index in [1.165, 1.54) is 0 Å². The summed E-state index contributed by atoms with van der Waals surface area (Å²) in [5.74, 6) is 0.496. The second-order valence-electron chi connectivity index (χ2n) is 6.16. The summed E-state index contributed by atoms with van der Waals surface area (Å²) in [6, 6.07) is 21.0. The minimum Gasteiger partial charge on any atom is -0.495 e. The van der Waals surface area contributed by atoms with Crippen LogP contribution in [0.25, 0.3) is 20.8 Å². The van der Waals surface area contributed by atoms with Crippen LogP contribution in [0.1, 0.15) is 10.4 Å². The summed E-state index contributed by atoms with van der Waals surface area (Å²) in [5, 5.41) is 4.59. The summed E-state index contributed by atoms with van der Waals surface area (Å²) in [6.07, 6.45) is 0. The molecule has 0 aliphatic rings. The first-order valence-electron chi connectivity index (χ1n) is 8.71. The van der Waals surface area contributed by atoms with Gasteiger partial charge in [0.05, 0.1) is 28.9 Å². The molecule has 4 aromatic rings. The van der Waals surface area contributed by atoms with Crippen molar-refractivity contribution < 1.29 is 9.53 Å². The number of carbonyl (C=O) groups is 1. The number of ketones is 1. The number of halogens is 1. The Bertz CT molecular complexity index is 1120. The number of nitrogens with one attached hydrogen (secondary N) is 1. The zero-order chi connectivity index (χ0) is 19.5. The molecule has 1 aromatic heterocycles. The van der Waals surface area contributed by atoms with E-state index in [0.717, 1.165) is 26.5 Å². The van der Waals surface area contributed by atoms with Gasteiger partial charge in [0.2, 0.25) is 0 Å². The number of benzene rings is 3. The molecule has 0 amide bonds. The van der Waals surface area contributed by atoms with Crippen molar-refractivity contribution in [2.75, 3.05) is 19.0 Å². The SMILES string of the molecule is COc1ccc(C(=O)CNc2ccccc2-c2nc3ccccc3s2)cc1Cl. The van der Waals surface area contributed by atoms with Crippen molar-refractivity contribution in [3.63, 3.8) is 0 Å². The first-order valence-corrected chi connectivity index (χ1v) is 9.91. The Labute approximate surface area is 171 Å². The van der Waals surface area contributed by atoms with E-state index in [4.69, 9.17) is 21.3 Å². The van der Waals surface area contributed by atoms with Crippen LogP contribution < -0.4 is 10.1 Å². The number of methoxy groups -OCH3 is 1. The van der Waals surface area contributed by atoms with Gasteiger partial charge in [0, 0.05) is 16.8 Å². The lowest BCUT2D eigenvalue weighted by molar-refractivity contribution is 0.101. The number of ether oxygens (including phenoxy) is 1. The molecular weight excluding hydrogens is 392 g/mol. The summed E-state index contributed by atoms with van der Waals surface area (Å²) in [7, 11) is 1.54. The van der Waals surface area contributed by atoms with Gasteiger partial charge in [0.25, 0.3) is 0 Å². The van der Waals surface area contributed by atoms with Crippen LogP contribution in [0.15, 0.2) is 66.7 Å². The lowest BCUT2D eigenvalue weighted by Gasteiger charge is -2.10. The van der Waals surface area contributed by atoms with E-state index in [9.17, 15) is 4.79 Å². The lowest BCUT2D eigenvalue weighted by Crippen LogP contribution is -2.14. The van der Waals surface area contributed by atoms with Crippen LogP contribution >= 0.6 is 22.9 Å². The summed E-state index contributed by atoms with van der Waals surface area (Å²) in [4.78, 5) is 17.3. The van der Waals surface area contributed by atoms with E-state index in [-0.39, 0.29) is 12.3 Å². The molecule has 28 heavy (non-hydrogen) atoms. The number of carbonyl (C=O) groups excluding carboxylic acids is 1. The van der Waals surface area contributed by atoms with Crippen molar-refractivity contribution in [1.82, 2.24) is 4.98 Å². The number of rotatable bonds is 6.